The summed E-state index contributed by atoms with van der Waals surface area (Å²) in [5, 5.41) is 2.91. The lowest BCUT2D eigenvalue weighted by atomic mass is 9.68. The van der Waals surface area contributed by atoms with Crippen LogP contribution in [0.4, 0.5) is 0 Å². The second kappa shape index (κ2) is 9.15. The van der Waals surface area contributed by atoms with Crippen LogP contribution in [0.5, 0.6) is 0 Å². The Morgan fingerprint density at radius 1 is 0.871 bits per heavy atom. The Balaban J connectivity index is 1.99. The monoisotopic (exact) mass is 414 g/mol. The van der Waals surface area contributed by atoms with Crippen molar-refractivity contribution in [3.63, 3.8) is 0 Å². The van der Waals surface area contributed by atoms with Crippen molar-refractivity contribution < 1.29 is 4.57 Å². The number of aryl methyl sites for hydroxylation is 3. The average molecular weight is 415 g/mol. The molecule has 1 nitrogen and oxygen atoms in total. The summed E-state index contributed by atoms with van der Waals surface area (Å²) in [6, 6.07) is 14.4. The van der Waals surface area contributed by atoms with Gasteiger partial charge in [-0.3, -0.25) is 0 Å². The molecule has 0 spiro atoms. The third-order valence-corrected chi connectivity index (χ3v) is 7.82. The standard InChI is InChI=1S/C30H40N/c1-6-9-11-18-30(8-3)21-31-20-23(5)22(4)19-28(31)29-26-15-12-14-24(13-10-7-2)25(26)16-17-27(29)30/h12,14-17,19-20H,6-11,13,18,21H2,1-5H3/q+1. The van der Waals surface area contributed by atoms with Gasteiger partial charge in [0.15, 0.2) is 12.7 Å². The van der Waals surface area contributed by atoms with Crippen LogP contribution in [0.25, 0.3) is 22.0 Å². The first-order chi connectivity index (χ1) is 15.0. The summed E-state index contributed by atoms with van der Waals surface area (Å²) in [5.41, 5.74) is 9.04. The van der Waals surface area contributed by atoms with Crippen LogP contribution >= 0.6 is 0 Å². The summed E-state index contributed by atoms with van der Waals surface area (Å²) >= 11 is 0. The van der Waals surface area contributed by atoms with Crippen molar-refractivity contribution in [3.05, 3.63) is 64.8 Å². The first-order valence-electron chi connectivity index (χ1n) is 12.6. The molecule has 1 aromatic heterocycles. The molecule has 0 saturated carbocycles. The Hall–Kier alpha value is -2.15. The molecule has 4 rings (SSSR count). The molecule has 1 atom stereocenters. The maximum Gasteiger partial charge on any atom is 0.213 e. The summed E-state index contributed by atoms with van der Waals surface area (Å²) in [6.07, 6.45) is 12.5. The summed E-state index contributed by atoms with van der Waals surface area (Å²) < 4.78 is 2.58. The molecule has 2 aromatic carbocycles. The third kappa shape index (κ3) is 3.93. The largest absolute Gasteiger partial charge is 0.213 e. The summed E-state index contributed by atoms with van der Waals surface area (Å²) in [6.45, 7) is 12.6. The number of rotatable bonds is 8. The highest BCUT2D eigenvalue weighted by Gasteiger charge is 2.43. The van der Waals surface area contributed by atoms with E-state index in [9.17, 15) is 0 Å². The first kappa shape index (κ1) is 22.1. The Labute approximate surface area is 189 Å². The molecule has 164 valence electrons. The molecule has 1 aliphatic rings. The van der Waals surface area contributed by atoms with Gasteiger partial charge in [0.05, 0.1) is 11.0 Å². The predicted molar refractivity (Wildman–Crippen MR) is 134 cm³/mol. The van der Waals surface area contributed by atoms with Gasteiger partial charge in [0.25, 0.3) is 0 Å². The molecular weight excluding hydrogens is 374 g/mol. The SMILES string of the molecule is CCCCCC1(CC)C[n+]2cc(C)c(C)cc2-c2c1ccc1c(CCCC)cccc21. The minimum atomic E-state index is 0.234. The van der Waals surface area contributed by atoms with Crippen molar-refractivity contribution in [1.82, 2.24) is 0 Å². The second-order valence-electron chi connectivity index (χ2n) is 9.85. The molecule has 0 aliphatic carbocycles. The fraction of sp³-hybridized carbons (Fsp3) is 0.500. The summed E-state index contributed by atoms with van der Waals surface area (Å²) in [7, 11) is 0. The third-order valence-electron chi connectivity index (χ3n) is 7.82. The van der Waals surface area contributed by atoms with Gasteiger partial charge in [-0.2, -0.15) is 4.57 Å². The Morgan fingerprint density at radius 2 is 1.68 bits per heavy atom. The zero-order chi connectivity index (χ0) is 22.0. The number of hydrogen-bond donors (Lipinski definition) is 0. The molecule has 1 unspecified atom stereocenters. The van der Waals surface area contributed by atoms with Crippen LogP contribution in [0.2, 0.25) is 0 Å². The molecule has 0 amide bonds. The Bertz CT molecular complexity index is 1080. The molecule has 3 aromatic rings. The van der Waals surface area contributed by atoms with Gasteiger partial charge < -0.3 is 0 Å². The zero-order valence-electron chi connectivity index (χ0n) is 20.4. The smallest absolute Gasteiger partial charge is 0.197 e. The van der Waals surface area contributed by atoms with E-state index in [1.165, 1.54) is 90.1 Å². The number of pyridine rings is 1. The van der Waals surface area contributed by atoms with Gasteiger partial charge >= 0.3 is 0 Å². The van der Waals surface area contributed by atoms with Crippen molar-refractivity contribution in [2.24, 2.45) is 0 Å². The van der Waals surface area contributed by atoms with E-state index in [4.69, 9.17) is 0 Å². The molecule has 1 heteroatoms. The highest BCUT2D eigenvalue weighted by atomic mass is 15.0. The zero-order valence-corrected chi connectivity index (χ0v) is 20.4. The number of aromatic nitrogens is 1. The van der Waals surface area contributed by atoms with E-state index < -0.39 is 0 Å². The second-order valence-corrected chi connectivity index (χ2v) is 9.85. The van der Waals surface area contributed by atoms with Crippen molar-refractivity contribution >= 4 is 10.8 Å². The number of nitrogens with zero attached hydrogens (tertiary/aromatic N) is 1. The maximum atomic E-state index is 2.58. The van der Waals surface area contributed by atoms with Gasteiger partial charge in [-0.1, -0.05) is 76.8 Å². The van der Waals surface area contributed by atoms with Gasteiger partial charge in [0.2, 0.25) is 5.69 Å². The van der Waals surface area contributed by atoms with Crippen molar-refractivity contribution in [1.29, 1.82) is 0 Å². The molecular formula is C30H40N+. The van der Waals surface area contributed by atoms with Gasteiger partial charge in [0, 0.05) is 11.6 Å². The van der Waals surface area contributed by atoms with E-state index in [0.29, 0.717) is 0 Å². The predicted octanol–water partition coefficient (Wildman–Crippen LogP) is 8.00. The lowest BCUT2D eigenvalue weighted by Gasteiger charge is -2.36. The molecule has 31 heavy (non-hydrogen) atoms. The van der Waals surface area contributed by atoms with Crippen LogP contribution in [0, 0.1) is 13.8 Å². The number of fused-ring (bicyclic) bond motifs is 5. The molecule has 2 heterocycles. The van der Waals surface area contributed by atoms with Gasteiger partial charge in [0.1, 0.15) is 0 Å². The number of unbranched alkanes of at least 4 members (excludes halogenated alkanes) is 3. The highest BCUT2D eigenvalue weighted by molar-refractivity contribution is 5.99. The number of benzene rings is 2. The van der Waals surface area contributed by atoms with Crippen LogP contribution in [0.3, 0.4) is 0 Å². The highest BCUT2D eigenvalue weighted by Crippen LogP contribution is 2.46. The van der Waals surface area contributed by atoms with E-state index in [2.05, 4.69) is 81.8 Å². The maximum absolute atomic E-state index is 2.58. The molecule has 0 saturated heterocycles. The normalized spacial score (nSPS) is 17.6. The minimum absolute atomic E-state index is 0.234. The van der Waals surface area contributed by atoms with E-state index >= 15 is 0 Å². The van der Waals surface area contributed by atoms with Gasteiger partial charge in [-0.05, 0) is 67.0 Å². The summed E-state index contributed by atoms with van der Waals surface area (Å²) in [5.74, 6) is 0. The Kier molecular flexibility index (Phi) is 6.51. The van der Waals surface area contributed by atoms with E-state index in [-0.39, 0.29) is 5.41 Å². The topological polar surface area (TPSA) is 3.88 Å². The first-order valence-corrected chi connectivity index (χ1v) is 12.6. The van der Waals surface area contributed by atoms with E-state index in [0.717, 1.165) is 6.54 Å². The molecule has 0 bridgehead atoms. The minimum Gasteiger partial charge on any atom is -0.197 e. The Morgan fingerprint density at radius 3 is 2.42 bits per heavy atom. The average Bonchev–Trinajstić information content (AvgIpc) is 2.78. The van der Waals surface area contributed by atoms with Crippen molar-refractivity contribution in [2.45, 2.75) is 97.9 Å². The van der Waals surface area contributed by atoms with Crippen LogP contribution in [0.1, 0.15) is 88.0 Å². The van der Waals surface area contributed by atoms with E-state index in [1.807, 2.05) is 0 Å². The summed E-state index contributed by atoms with van der Waals surface area (Å²) in [4.78, 5) is 0. The van der Waals surface area contributed by atoms with Crippen LogP contribution in [0.15, 0.2) is 42.6 Å². The molecule has 0 fully saturated rings. The quantitative estimate of drug-likeness (QED) is 0.260. The van der Waals surface area contributed by atoms with Crippen molar-refractivity contribution in [2.75, 3.05) is 0 Å². The van der Waals surface area contributed by atoms with Crippen LogP contribution < -0.4 is 4.57 Å². The lowest BCUT2D eigenvalue weighted by Crippen LogP contribution is -2.51. The van der Waals surface area contributed by atoms with E-state index in [1.54, 1.807) is 5.56 Å². The van der Waals surface area contributed by atoms with Gasteiger partial charge in [-0.25, -0.2) is 0 Å². The molecule has 0 radical (unpaired) electrons. The van der Waals surface area contributed by atoms with Crippen molar-refractivity contribution in [3.8, 4) is 11.3 Å². The van der Waals surface area contributed by atoms with Crippen LogP contribution in [-0.2, 0) is 18.4 Å². The fourth-order valence-electron chi connectivity index (χ4n) is 5.70. The van der Waals surface area contributed by atoms with Crippen LogP contribution in [-0.4, -0.2) is 0 Å². The fourth-order valence-corrected chi connectivity index (χ4v) is 5.70. The number of hydrogen-bond acceptors (Lipinski definition) is 0. The molecule has 0 N–H and O–H groups in total. The lowest BCUT2D eigenvalue weighted by molar-refractivity contribution is -0.697. The molecule has 1 aliphatic heterocycles. The van der Waals surface area contributed by atoms with Gasteiger partial charge in [-0.15, -0.1) is 0 Å².